The normalized spacial score (nSPS) is 21.1. The standard InChI is InChI=1S/C17H24N2O3/c1-21-8-9-22-16-6-7-19(12-16)17(20)18-15-10-13-4-2-3-5-14(13)11-15/h2-5,15-16H,6-12H2,1H3,(H,18,20). The summed E-state index contributed by atoms with van der Waals surface area (Å²) in [6.45, 7) is 2.63. The number of fused-ring (bicyclic) bond motifs is 1. The quantitative estimate of drug-likeness (QED) is 0.841. The third-order valence-electron chi connectivity index (χ3n) is 4.45. The fraction of sp³-hybridized carbons (Fsp3) is 0.588. The second-order valence-corrected chi connectivity index (χ2v) is 6.04. The molecule has 2 aliphatic rings. The number of nitrogens with zero attached hydrogens (tertiary/aromatic N) is 1. The minimum Gasteiger partial charge on any atom is -0.382 e. The van der Waals surface area contributed by atoms with Crippen molar-refractivity contribution in [3.63, 3.8) is 0 Å². The van der Waals surface area contributed by atoms with Crippen molar-refractivity contribution in [3.05, 3.63) is 35.4 Å². The van der Waals surface area contributed by atoms with Gasteiger partial charge in [0.05, 0.1) is 19.3 Å². The van der Waals surface area contributed by atoms with Crippen LogP contribution in [0.15, 0.2) is 24.3 Å². The van der Waals surface area contributed by atoms with Crippen LogP contribution in [0.1, 0.15) is 17.5 Å². The van der Waals surface area contributed by atoms with Gasteiger partial charge in [0.2, 0.25) is 0 Å². The average molecular weight is 304 g/mol. The topological polar surface area (TPSA) is 50.8 Å². The highest BCUT2D eigenvalue weighted by Crippen LogP contribution is 2.22. The van der Waals surface area contributed by atoms with E-state index in [0.717, 1.165) is 25.8 Å². The molecule has 0 spiro atoms. The Morgan fingerprint density at radius 2 is 2.00 bits per heavy atom. The minimum absolute atomic E-state index is 0.0376. The maximum Gasteiger partial charge on any atom is 0.317 e. The predicted molar refractivity (Wildman–Crippen MR) is 84.0 cm³/mol. The van der Waals surface area contributed by atoms with Crippen LogP contribution in [-0.4, -0.2) is 56.5 Å². The van der Waals surface area contributed by atoms with Crippen LogP contribution in [0.5, 0.6) is 0 Å². The van der Waals surface area contributed by atoms with Crippen molar-refractivity contribution in [1.29, 1.82) is 0 Å². The molecule has 5 nitrogen and oxygen atoms in total. The highest BCUT2D eigenvalue weighted by Gasteiger charge is 2.29. The summed E-state index contributed by atoms with van der Waals surface area (Å²) in [5.74, 6) is 0. The first kappa shape index (κ1) is 15.3. The molecule has 0 saturated carbocycles. The van der Waals surface area contributed by atoms with Gasteiger partial charge >= 0.3 is 6.03 Å². The summed E-state index contributed by atoms with van der Waals surface area (Å²) in [6.07, 6.45) is 2.91. The van der Waals surface area contributed by atoms with Crippen LogP contribution in [0.3, 0.4) is 0 Å². The molecule has 120 valence electrons. The van der Waals surface area contributed by atoms with Crippen LogP contribution in [0, 0.1) is 0 Å². The molecule has 1 fully saturated rings. The number of carbonyl (C=O) groups is 1. The number of urea groups is 1. The molecule has 3 rings (SSSR count). The van der Waals surface area contributed by atoms with Crippen LogP contribution in [0.25, 0.3) is 0 Å². The SMILES string of the molecule is COCCOC1CCN(C(=O)NC2Cc3ccccc3C2)C1. The number of amides is 2. The molecule has 1 aliphatic carbocycles. The van der Waals surface area contributed by atoms with Crippen molar-refractivity contribution in [1.82, 2.24) is 10.2 Å². The maximum atomic E-state index is 12.4. The van der Waals surface area contributed by atoms with Gasteiger partial charge in [0.15, 0.2) is 0 Å². The molecule has 1 saturated heterocycles. The van der Waals surface area contributed by atoms with Gasteiger partial charge in [-0.2, -0.15) is 0 Å². The summed E-state index contributed by atoms with van der Waals surface area (Å²) in [6, 6.07) is 8.68. The Labute approximate surface area is 131 Å². The minimum atomic E-state index is 0.0376. The number of hydrogen-bond acceptors (Lipinski definition) is 3. The summed E-state index contributed by atoms with van der Waals surface area (Å²) in [7, 11) is 1.66. The van der Waals surface area contributed by atoms with Gasteiger partial charge < -0.3 is 19.7 Å². The Kier molecular flexibility index (Phi) is 4.95. The zero-order chi connectivity index (χ0) is 15.4. The van der Waals surface area contributed by atoms with E-state index >= 15 is 0 Å². The van der Waals surface area contributed by atoms with Crippen LogP contribution >= 0.6 is 0 Å². The molecule has 1 atom stereocenters. The molecule has 0 bridgehead atoms. The molecule has 1 N–H and O–H groups in total. The maximum absolute atomic E-state index is 12.4. The van der Waals surface area contributed by atoms with Crippen LogP contribution in [-0.2, 0) is 22.3 Å². The first-order valence-corrected chi connectivity index (χ1v) is 7.99. The van der Waals surface area contributed by atoms with E-state index in [9.17, 15) is 4.79 Å². The summed E-state index contributed by atoms with van der Waals surface area (Å²) >= 11 is 0. The van der Waals surface area contributed by atoms with Gasteiger partial charge in [0, 0.05) is 26.2 Å². The van der Waals surface area contributed by atoms with Crippen LogP contribution in [0.2, 0.25) is 0 Å². The summed E-state index contributed by atoms with van der Waals surface area (Å²) < 4.78 is 10.7. The molecule has 0 aromatic heterocycles. The molecular formula is C17H24N2O3. The van der Waals surface area contributed by atoms with E-state index in [2.05, 4.69) is 29.6 Å². The summed E-state index contributed by atoms with van der Waals surface area (Å²) in [5, 5.41) is 3.16. The highest BCUT2D eigenvalue weighted by atomic mass is 16.5. The number of methoxy groups -OCH3 is 1. The van der Waals surface area contributed by atoms with E-state index < -0.39 is 0 Å². The van der Waals surface area contributed by atoms with Crippen molar-refractivity contribution in [2.45, 2.75) is 31.4 Å². The number of nitrogens with one attached hydrogen (secondary N) is 1. The number of likely N-dealkylation sites (tertiary alicyclic amines) is 1. The number of ether oxygens (including phenoxy) is 2. The third kappa shape index (κ3) is 3.59. The first-order chi connectivity index (χ1) is 10.8. The molecule has 1 aromatic carbocycles. The number of carbonyl (C=O) groups excluding carboxylic acids is 1. The molecule has 2 amide bonds. The van der Waals surface area contributed by atoms with Gasteiger partial charge in [-0.15, -0.1) is 0 Å². The smallest absolute Gasteiger partial charge is 0.317 e. The largest absolute Gasteiger partial charge is 0.382 e. The lowest BCUT2D eigenvalue weighted by Gasteiger charge is -2.20. The van der Waals surface area contributed by atoms with Crippen molar-refractivity contribution in [3.8, 4) is 0 Å². The third-order valence-corrected chi connectivity index (χ3v) is 4.45. The highest BCUT2D eigenvalue weighted by molar-refractivity contribution is 5.75. The summed E-state index contributed by atoms with van der Waals surface area (Å²) in [4.78, 5) is 14.2. The number of benzene rings is 1. The fourth-order valence-corrected chi connectivity index (χ4v) is 3.27. The second-order valence-electron chi connectivity index (χ2n) is 6.04. The second kappa shape index (κ2) is 7.11. The Bertz CT molecular complexity index is 495. The molecule has 22 heavy (non-hydrogen) atoms. The van der Waals surface area contributed by atoms with E-state index in [1.165, 1.54) is 11.1 Å². The number of rotatable bonds is 5. The number of hydrogen-bond donors (Lipinski definition) is 1. The summed E-state index contributed by atoms with van der Waals surface area (Å²) in [5.41, 5.74) is 2.71. The van der Waals surface area contributed by atoms with E-state index in [-0.39, 0.29) is 18.2 Å². The zero-order valence-corrected chi connectivity index (χ0v) is 13.1. The van der Waals surface area contributed by atoms with E-state index in [1.807, 2.05) is 4.90 Å². The molecule has 0 radical (unpaired) electrons. The van der Waals surface area contributed by atoms with Crippen LogP contribution in [0.4, 0.5) is 4.79 Å². The van der Waals surface area contributed by atoms with Gasteiger partial charge in [-0.1, -0.05) is 24.3 Å². The molecule has 1 heterocycles. The predicted octanol–water partition coefficient (Wildman–Crippen LogP) is 1.60. The van der Waals surface area contributed by atoms with E-state index in [4.69, 9.17) is 9.47 Å². The van der Waals surface area contributed by atoms with Crippen molar-refractivity contribution in [2.24, 2.45) is 0 Å². The lowest BCUT2D eigenvalue weighted by atomic mass is 10.1. The fourth-order valence-electron chi connectivity index (χ4n) is 3.27. The lowest BCUT2D eigenvalue weighted by Crippen LogP contribution is -2.44. The van der Waals surface area contributed by atoms with E-state index in [0.29, 0.717) is 19.8 Å². The Morgan fingerprint density at radius 3 is 2.68 bits per heavy atom. The van der Waals surface area contributed by atoms with Crippen molar-refractivity contribution in [2.75, 3.05) is 33.4 Å². The van der Waals surface area contributed by atoms with Gasteiger partial charge in [-0.3, -0.25) is 0 Å². The lowest BCUT2D eigenvalue weighted by molar-refractivity contribution is 0.0236. The Hall–Kier alpha value is -1.59. The van der Waals surface area contributed by atoms with Gasteiger partial charge in [0.25, 0.3) is 0 Å². The molecular weight excluding hydrogens is 280 g/mol. The monoisotopic (exact) mass is 304 g/mol. The van der Waals surface area contributed by atoms with Crippen molar-refractivity contribution < 1.29 is 14.3 Å². The average Bonchev–Trinajstić information content (AvgIpc) is 3.13. The molecule has 1 aromatic rings. The molecule has 1 unspecified atom stereocenters. The molecule has 5 heteroatoms. The van der Waals surface area contributed by atoms with Crippen molar-refractivity contribution >= 4 is 6.03 Å². The van der Waals surface area contributed by atoms with Gasteiger partial charge in [-0.25, -0.2) is 4.79 Å². The molecule has 1 aliphatic heterocycles. The zero-order valence-electron chi connectivity index (χ0n) is 13.1. The van der Waals surface area contributed by atoms with Gasteiger partial charge in [0.1, 0.15) is 0 Å². The van der Waals surface area contributed by atoms with Crippen LogP contribution < -0.4 is 5.32 Å². The Morgan fingerprint density at radius 1 is 1.27 bits per heavy atom. The first-order valence-electron chi connectivity index (χ1n) is 7.99. The Balaban J connectivity index is 1.44. The van der Waals surface area contributed by atoms with Gasteiger partial charge in [-0.05, 0) is 30.4 Å². The van der Waals surface area contributed by atoms with E-state index in [1.54, 1.807) is 7.11 Å².